The highest BCUT2D eigenvalue weighted by Gasteiger charge is 2.51. The molecule has 0 N–H and O–H groups in total. The lowest BCUT2D eigenvalue weighted by Crippen LogP contribution is -2.72. The van der Waals surface area contributed by atoms with Crippen LogP contribution in [0.4, 0.5) is 4.39 Å². The van der Waals surface area contributed by atoms with Crippen molar-refractivity contribution in [2.45, 2.75) is 18.4 Å². The maximum absolute atomic E-state index is 13.7. The number of hydrogen-bond acceptors (Lipinski definition) is 4. The summed E-state index contributed by atoms with van der Waals surface area (Å²) in [5.41, 5.74) is 0.712. The normalized spacial score (nSPS) is 21.9. The van der Waals surface area contributed by atoms with E-state index in [1.54, 1.807) is 6.07 Å². The maximum Gasteiger partial charge on any atom is 0.270 e. The minimum atomic E-state index is -0.428. The number of pyridine rings is 1. The van der Waals surface area contributed by atoms with E-state index in [2.05, 4.69) is 16.9 Å². The fourth-order valence-corrected chi connectivity index (χ4v) is 4.25. The third kappa shape index (κ3) is 3.32. The van der Waals surface area contributed by atoms with Crippen LogP contribution in [0.1, 0.15) is 23.3 Å². The van der Waals surface area contributed by atoms with Crippen LogP contribution in [0.2, 0.25) is 0 Å². The van der Waals surface area contributed by atoms with E-state index < -0.39 is 5.82 Å². The zero-order valence-corrected chi connectivity index (χ0v) is 15.8. The summed E-state index contributed by atoms with van der Waals surface area (Å²) < 4.78 is 21.2. The van der Waals surface area contributed by atoms with E-state index in [1.165, 1.54) is 12.3 Å². The van der Waals surface area contributed by atoms with Crippen molar-refractivity contribution in [3.63, 3.8) is 0 Å². The Morgan fingerprint density at radius 3 is 2.85 bits per heavy atom. The van der Waals surface area contributed by atoms with Crippen molar-refractivity contribution >= 4 is 5.91 Å². The molecule has 27 heavy (non-hydrogen) atoms. The van der Waals surface area contributed by atoms with Crippen molar-refractivity contribution in [1.82, 2.24) is 19.4 Å². The van der Waals surface area contributed by atoms with Crippen molar-refractivity contribution in [3.8, 4) is 5.88 Å². The molecule has 0 aromatic carbocycles. The molecule has 2 fully saturated rings. The Hall–Kier alpha value is -2.41. The molecular weight excluding hydrogens is 347 g/mol. The molecular formula is C20H25FN4O2. The summed E-state index contributed by atoms with van der Waals surface area (Å²) in [6, 6.07) is 6.66. The molecule has 7 heteroatoms. The van der Waals surface area contributed by atoms with E-state index in [1.807, 2.05) is 34.8 Å². The van der Waals surface area contributed by atoms with Gasteiger partial charge >= 0.3 is 0 Å². The van der Waals surface area contributed by atoms with Gasteiger partial charge in [-0.15, -0.1) is 0 Å². The fraction of sp³-hybridized carbons (Fsp3) is 0.500. The lowest BCUT2D eigenvalue weighted by molar-refractivity contribution is -0.0699. The average Bonchev–Trinajstić information content (AvgIpc) is 3.06. The molecule has 1 spiro atoms. The number of aryl methyl sites for hydroxylation is 1. The number of piperidine rings is 1. The van der Waals surface area contributed by atoms with Gasteiger partial charge in [0, 0.05) is 32.5 Å². The van der Waals surface area contributed by atoms with E-state index in [0.29, 0.717) is 18.2 Å². The monoisotopic (exact) mass is 372 g/mol. The summed E-state index contributed by atoms with van der Waals surface area (Å²) in [4.78, 5) is 20.9. The van der Waals surface area contributed by atoms with Crippen molar-refractivity contribution in [2.75, 3.05) is 33.3 Å². The van der Waals surface area contributed by atoms with Gasteiger partial charge in [-0.2, -0.15) is 0 Å². The highest BCUT2D eigenvalue weighted by Crippen LogP contribution is 2.39. The van der Waals surface area contributed by atoms with Gasteiger partial charge in [0.2, 0.25) is 5.88 Å². The van der Waals surface area contributed by atoms with Crippen LogP contribution in [-0.4, -0.2) is 64.1 Å². The number of carbonyl (C=O) groups is 1. The number of likely N-dealkylation sites (tertiary alicyclic amines) is 2. The molecule has 0 saturated carbocycles. The van der Waals surface area contributed by atoms with Crippen LogP contribution in [0.15, 0.2) is 36.7 Å². The predicted octanol–water partition coefficient (Wildman–Crippen LogP) is 2.17. The molecule has 6 nitrogen and oxygen atoms in total. The van der Waals surface area contributed by atoms with Gasteiger partial charge in [-0.05, 0) is 56.6 Å². The Bertz CT molecular complexity index is 831. The number of hydrogen-bond donors (Lipinski definition) is 0. The molecule has 2 aromatic rings. The summed E-state index contributed by atoms with van der Waals surface area (Å²) >= 11 is 0. The Morgan fingerprint density at radius 2 is 2.15 bits per heavy atom. The molecule has 2 saturated heterocycles. The Morgan fingerprint density at radius 1 is 1.33 bits per heavy atom. The second-order valence-corrected chi connectivity index (χ2v) is 7.77. The van der Waals surface area contributed by atoms with Crippen LogP contribution in [0.25, 0.3) is 0 Å². The highest BCUT2D eigenvalue weighted by molar-refractivity contribution is 5.93. The summed E-state index contributed by atoms with van der Waals surface area (Å²) in [6.45, 7) is 2.85. The number of ether oxygens (including phenoxy) is 1. The first-order valence-electron chi connectivity index (χ1n) is 9.34. The molecule has 144 valence electrons. The number of nitrogens with zero attached hydrogens (tertiary/aromatic N) is 4. The average molecular weight is 372 g/mol. The van der Waals surface area contributed by atoms with Crippen LogP contribution in [0, 0.1) is 11.7 Å². The maximum atomic E-state index is 13.7. The van der Waals surface area contributed by atoms with Gasteiger partial charge in [0.25, 0.3) is 5.91 Å². The summed E-state index contributed by atoms with van der Waals surface area (Å²) in [5.74, 6) is 0.0491. The first-order chi connectivity index (χ1) is 13.0. The van der Waals surface area contributed by atoms with Gasteiger partial charge < -0.3 is 14.2 Å². The highest BCUT2D eigenvalue weighted by atomic mass is 19.1. The zero-order chi connectivity index (χ0) is 19.0. The molecule has 2 aromatic heterocycles. The fourth-order valence-electron chi connectivity index (χ4n) is 4.25. The molecule has 0 radical (unpaired) electrons. The standard InChI is InChI=1S/C20H25FN4O2/c1-23-9-4-6-17(23)19(26)25-13-20(14-25)11-15(7-10-24(20)2)12-27-18-16(21)5-3-8-22-18/h3-6,8-9,15H,7,10-14H2,1-2H3. The lowest BCUT2D eigenvalue weighted by atomic mass is 9.75. The number of amides is 1. The minimum absolute atomic E-state index is 0.00420. The first kappa shape index (κ1) is 18.0. The van der Waals surface area contributed by atoms with Gasteiger partial charge in [0.15, 0.2) is 5.82 Å². The number of likely N-dealkylation sites (N-methyl/N-ethyl adjacent to an activating group) is 1. The first-order valence-corrected chi connectivity index (χ1v) is 9.34. The third-order valence-corrected chi connectivity index (χ3v) is 5.95. The van der Waals surface area contributed by atoms with E-state index in [-0.39, 0.29) is 17.3 Å². The Balaban J connectivity index is 1.37. The van der Waals surface area contributed by atoms with E-state index in [0.717, 1.165) is 32.5 Å². The van der Waals surface area contributed by atoms with E-state index >= 15 is 0 Å². The van der Waals surface area contributed by atoms with Gasteiger partial charge in [0.1, 0.15) is 5.69 Å². The Labute approximate surface area is 158 Å². The van der Waals surface area contributed by atoms with Crippen LogP contribution in [0.5, 0.6) is 5.88 Å². The molecule has 0 aliphatic carbocycles. The predicted molar refractivity (Wildman–Crippen MR) is 99.1 cm³/mol. The van der Waals surface area contributed by atoms with E-state index in [9.17, 15) is 9.18 Å². The molecule has 2 aliphatic rings. The minimum Gasteiger partial charge on any atom is -0.475 e. The van der Waals surface area contributed by atoms with Gasteiger partial charge in [-0.3, -0.25) is 9.69 Å². The second kappa shape index (κ2) is 6.96. The molecule has 4 rings (SSSR count). The van der Waals surface area contributed by atoms with Crippen LogP contribution >= 0.6 is 0 Å². The quantitative estimate of drug-likeness (QED) is 0.826. The van der Waals surface area contributed by atoms with Crippen LogP contribution < -0.4 is 4.74 Å². The lowest BCUT2D eigenvalue weighted by Gasteiger charge is -2.58. The molecule has 1 atom stereocenters. The van der Waals surface area contributed by atoms with E-state index in [4.69, 9.17) is 4.74 Å². The SMILES string of the molecule is CN1CCC(COc2ncccc2F)CC12CN(C(=O)c1cccn1C)C2. The largest absolute Gasteiger partial charge is 0.475 e. The number of carbonyl (C=O) groups excluding carboxylic acids is 1. The van der Waals surface area contributed by atoms with Crippen molar-refractivity contribution in [2.24, 2.45) is 13.0 Å². The van der Waals surface area contributed by atoms with Crippen molar-refractivity contribution in [1.29, 1.82) is 0 Å². The molecule has 1 amide bonds. The third-order valence-electron chi connectivity index (χ3n) is 5.95. The van der Waals surface area contributed by atoms with Gasteiger partial charge in [-0.25, -0.2) is 9.37 Å². The second-order valence-electron chi connectivity index (χ2n) is 7.77. The van der Waals surface area contributed by atoms with Crippen molar-refractivity contribution in [3.05, 3.63) is 48.2 Å². The number of halogens is 1. The topological polar surface area (TPSA) is 50.6 Å². The number of aromatic nitrogens is 2. The zero-order valence-electron chi connectivity index (χ0n) is 15.8. The Kier molecular flexibility index (Phi) is 4.63. The van der Waals surface area contributed by atoms with Crippen LogP contribution in [0.3, 0.4) is 0 Å². The smallest absolute Gasteiger partial charge is 0.270 e. The number of rotatable bonds is 4. The van der Waals surface area contributed by atoms with Gasteiger partial charge in [0.05, 0.1) is 12.1 Å². The van der Waals surface area contributed by atoms with Crippen LogP contribution in [-0.2, 0) is 7.05 Å². The summed E-state index contributed by atoms with van der Waals surface area (Å²) in [7, 11) is 4.01. The molecule has 4 heterocycles. The molecule has 1 unspecified atom stereocenters. The molecule has 0 bridgehead atoms. The summed E-state index contributed by atoms with van der Waals surface area (Å²) in [6.07, 6.45) is 5.36. The van der Waals surface area contributed by atoms with Crippen molar-refractivity contribution < 1.29 is 13.9 Å². The summed E-state index contributed by atoms with van der Waals surface area (Å²) in [5, 5.41) is 0. The molecule has 2 aliphatic heterocycles. The van der Waals surface area contributed by atoms with Gasteiger partial charge in [-0.1, -0.05) is 0 Å².